The zero-order valence-corrected chi connectivity index (χ0v) is 20.7. The molecule has 3 aliphatic rings. The van der Waals surface area contributed by atoms with Gasteiger partial charge in [0.1, 0.15) is 0 Å². The maximum atomic E-state index is 13.1. The van der Waals surface area contributed by atoms with E-state index >= 15 is 0 Å². The van der Waals surface area contributed by atoms with Gasteiger partial charge in [-0.05, 0) is 39.2 Å². The van der Waals surface area contributed by atoms with Crippen LogP contribution in [0.4, 0.5) is 4.79 Å². The molecule has 1 aliphatic carbocycles. The summed E-state index contributed by atoms with van der Waals surface area (Å²) in [6.07, 6.45) is 3.15. The van der Waals surface area contributed by atoms with Crippen LogP contribution in [0, 0.1) is 12.8 Å². The third-order valence-electron chi connectivity index (χ3n) is 7.31. The Labute approximate surface area is 201 Å². The van der Waals surface area contributed by atoms with Gasteiger partial charge < -0.3 is 15.0 Å². The Morgan fingerprint density at radius 1 is 1.15 bits per heavy atom. The number of hydrogen-bond acceptors (Lipinski definition) is 5. The lowest BCUT2D eigenvalue weighted by molar-refractivity contribution is -0.142. The van der Waals surface area contributed by atoms with Crippen LogP contribution in [0.3, 0.4) is 0 Å². The smallest absolute Gasteiger partial charge is 0.338 e. The number of carbonyl (C=O) groups is 3. The molecule has 2 fully saturated rings. The largest absolute Gasteiger partial charge is 0.463 e. The predicted molar refractivity (Wildman–Crippen MR) is 129 cm³/mol. The summed E-state index contributed by atoms with van der Waals surface area (Å²) >= 11 is 0. The highest BCUT2D eigenvalue weighted by atomic mass is 16.5. The first-order valence-corrected chi connectivity index (χ1v) is 12.3. The second-order valence-electron chi connectivity index (χ2n) is 9.68. The average Bonchev–Trinajstić information content (AvgIpc) is 2.76. The Morgan fingerprint density at radius 2 is 1.85 bits per heavy atom. The molecule has 1 aromatic carbocycles. The lowest BCUT2D eigenvalue weighted by Crippen LogP contribution is -2.57. The number of amides is 3. The van der Waals surface area contributed by atoms with E-state index in [0.717, 1.165) is 30.4 Å². The molecule has 1 N–H and O–H groups in total. The van der Waals surface area contributed by atoms with Gasteiger partial charge in [-0.1, -0.05) is 36.2 Å². The number of rotatable bonds is 6. The van der Waals surface area contributed by atoms with Crippen LogP contribution in [-0.4, -0.2) is 78.5 Å². The Balaban J connectivity index is 1.60. The van der Waals surface area contributed by atoms with Gasteiger partial charge in [-0.15, -0.1) is 0 Å². The minimum Gasteiger partial charge on any atom is -0.463 e. The van der Waals surface area contributed by atoms with Crippen molar-refractivity contribution in [3.8, 4) is 0 Å². The van der Waals surface area contributed by atoms with Crippen LogP contribution >= 0.6 is 0 Å². The van der Waals surface area contributed by atoms with Crippen molar-refractivity contribution >= 4 is 17.9 Å². The number of aryl methyl sites for hydroxylation is 1. The lowest BCUT2D eigenvalue weighted by atomic mass is 9.84. The zero-order chi connectivity index (χ0) is 24.4. The number of hydrogen-bond donors (Lipinski definition) is 1. The number of carbonyl (C=O) groups excluding carboxylic acids is 3. The van der Waals surface area contributed by atoms with Crippen LogP contribution in [-0.2, 0) is 14.3 Å². The SMILES string of the molecule is CCOC(=O)C1=C(CN2CCN(C(=O)C3CCC3)C(C)C2)N(C)C(=O)NC1c1ccc(C)cc1. The normalized spacial score (nSPS) is 24.1. The topological polar surface area (TPSA) is 82.2 Å². The maximum absolute atomic E-state index is 13.1. The highest BCUT2D eigenvalue weighted by molar-refractivity contribution is 5.95. The zero-order valence-electron chi connectivity index (χ0n) is 20.7. The van der Waals surface area contributed by atoms with Gasteiger partial charge in [0.25, 0.3) is 0 Å². The molecule has 0 spiro atoms. The van der Waals surface area contributed by atoms with E-state index in [4.69, 9.17) is 4.74 Å². The van der Waals surface area contributed by atoms with Gasteiger partial charge in [-0.3, -0.25) is 14.6 Å². The maximum Gasteiger partial charge on any atom is 0.338 e. The molecular weight excluding hydrogens is 432 g/mol. The number of piperazine rings is 1. The fourth-order valence-electron chi connectivity index (χ4n) is 5.01. The molecule has 0 radical (unpaired) electrons. The molecule has 34 heavy (non-hydrogen) atoms. The number of esters is 1. The van der Waals surface area contributed by atoms with E-state index in [1.165, 1.54) is 4.90 Å². The molecular formula is C26H36N4O4. The van der Waals surface area contributed by atoms with Crippen LogP contribution in [0.15, 0.2) is 35.5 Å². The number of likely N-dealkylation sites (N-methyl/N-ethyl adjacent to an activating group) is 1. The summed E-state index contributed by atoms with van der Waals surface area (Å²) in [5, 5.41) is 2.97. The summed E-state index contributed by atoms with van der Waals surface area (Å²) in [4.78, 5) is 44.6. The Hall–Kier alpha value is -2.87. The van der Waals surface area contributed by atoms with Crippen molar-refractivity contribution < 1.29 is 19.1 Å². The molecule has 1 saturated heterocycles. The first-order chi connectivity index (χ1) is 16.3. The molecule has 2 heterocycles. The molecule has 2 atom stereocenters. The van der Waals surface area contributed by atoms with E-state index in [1.54, 1.807) is 14.0 Å². The second kappa shape index (κ2) is 10.2. The number of nitrogens with zero attached hydrogens (tertiary/aromatic N) is 3. The average molecular weight is 469 g/mol. The number of ether oxygens (including phenoxy) is 1. The van der Waals surface area contributed by atoms with E-state index in [-0.39, 0.29) is 30.5 Å². The van der Waals surface area contributed by atoms with E-state index in [2.05, 4.69) is 17.1 Å². The molecule has 8 heteroatoms. The molecule has 1 aromatic rings. The van der Waals surface area contributed by atoms with Crippen LogP contribution in [0.5, 0.6) is 0 Å². The van der Waals surface area contributed by atoms with Gasteiger partial charge >= 0.3 is 12.0 Å². The minimum absolute atomic E-state index is 0.0871. The van der Waals surface area contributed by atoms with E-state index in [1.807, 2.05) is 36.1 Å². The van der Waals surface area contributed by atoms with Gasteiger partial charge in [0.2, 0.25) is 5.91 Å². The van der Waals surface area contributed by atoms with Gasteiger partial charge in [0, 0.05) is 50.9 Å². The first kappa shape index (κ1) is 24.3. The highest BCUT2D eigenvalue weighted by Crippen LogP contribution is 2.33. The van der Waals surface area contributed by atoms with Crippen molar-refractivity contribution in [1.29, 1.82) is 0 Å². The van der Waals surface area contributed by atoms with Gasteiger partial charge in [-0.25, -0.2) is 9.59 Å². The molecule has 0 aromatic heterocycles. The standard InChI is InChI=1S/C26H36N4O4/c1-5-34-25(32)22-21(28(4)26(33)27-23(22)19-11-9-17(2)10-12-19)16-29-13-14-30(18(3)15-29)24(31)20-7-6-8-20/h9-12,18,20,23H,5-8,13-16H2,1-4H3,(H,27,33). The third-order valence-corrected chi connectivity index (χ3v) is 7.31. The van der Waals surface area contributed by atoms with E-state index in [0.29, 0.717) is 37.4 Å². The van der Waals surface area contributed by atoms with Crippen molar-refractivity contribution in [1.82, 2.24) is 20.0 Å². The molecule has 4 rings (SSSR count). The highest BCUT2D eigenvalue weighted by Gasteiger charge is 2.39. The summed E-state index contributed by atoms with van der Waals surface area (Å²) < 4.78 is 5.43. The van der Waals surface area contributed by atoms with Crippen LogP contribution < -0.4 is 5.32 Å². The Bertz CT molecular complexity index is 970. The van der Waals surface area contributed by atoms with Crippen LogP contribution in [0.1, 0.15) is 50.3 Å². The van der Waals surface area contributed by atoms with Gasteiger partial charge in [0.15, 0.2) is 0 Å². The number of benzene rings is 1. The van der Waals surface area contributed by atoms with Gasteiger partial charge in [0.05, 0.1) is 18.2 Å². The Kier molecular flexibility index (Phi) is 7.26. The monoisotopic (exact) mass is 468 g/mol. The predicted octanol–water partition coefficient (Wildman–Crippen LogP) is 2.84. The fourth-order valence-corrected chi connectivity index (χ4v) is 5.01. The minimum atomic E-state index is -0.572. The molecule has 8 nitrogen and oxygen atoms in total. The number of urea groups is 1. The first-order valence-electron chi connectivity index (χ1n) is 12.3. The summed E-state index contributed by atoms with van der Waals surface area (Å²) in [5.41, 5.74) is 3.07. The quantitative estimate of drug-likeness (QED) is 0.650. The fraction of sp³-hybridized carbons (Fsp3) is 0.577. The molecule has 0 bridgehead atoms. The van der Waals surface area contributed by atoms with Crippen LogP contribution in [0.2, 0.25) is 0 Å². The van der Waals surface area contributed by atoms with E-state index in [9.17, 15) is 14.4 Å². The van der Waals surface area contributed by atoms with Crippen molar-refractivity contribution in [2.24, 2.45) is 5.92 Å². The van der Waals surface area contributed by atoms with Crippen molar-refractivity contribution in [3.63, 3.8) is 0 Å². The van der Waals surface area contributed by atoms with E-state index < -0.39 is 12.0 Å². The second-order valence-corrected chi connectivity index (χ2v) is 9.68. The lowest BCUT2D eigenvalue weighted by Gasteiger charge is -2.44. The molecule has 184 valence electrons. The third kappa shape index (κ3) is 4.82. The molecule has 2 aliphatic heterocycles. The van der Waals surface area contributed by atoms with Crippen molar-refractivity contribution in [2.75, 3.05) is 39.8 Å². The Morgan fingerprint density at radius 3 is 2.44 bits per heavy atom. The number of nitrogens with one attached hydrogen (secondary N) is 1. The van der Waals surface area contributed by atoms with Crippen LogP contribution in [0.25, 0.3) is 0 Å². The van der Waals surface area contributed by atoms with Crippen molar-refractivity contribution in [3.05, 3.63) is 46.7 Å². The van der Waals surface area contributed by atoms with Gasteiger partial charge in [-0.2, -0.15) is 0 Å². The molecule has 1 saturated carbocycles. The summed E-state index contributed by atoms with van der Waals surface area (Å²) in [7, 11) is 1.69. The summed E-state index contributed by atoms with van der Waals surface area (Å²) in [5.74, 6) is 0.0516. The molecule has 2 unspecified atom stereocenters. The summed E-state index contributed by atoms with van der Waals surface area (Å²) in [6, 6.07) is 7.09. The van der Waals surface area contributed by atoms with Crippen molar-refractivity contribution in [2.45, 2.75) is 52.1 Å². The summed E-state index contributed by atoms with van der Waals surface area (Å²) in [6.45, 7) is 8.62. The molecule has 3 amide bonds.